The third-order valence-corrected chi connectivity index (χ3v) is 0.480. The zero-order chi connectivity index (χ0) is 6.41. The lowest BCUT2D eigenvalue weighted by Crippen LogP contribution is -2.19. The molecule has 0 aromatic rings. The van der Waals surface area contributed by atoms with Gasteiger partial charge in [0.1, 0.15) is 6.61 Å². The standard InChI is InChI=1S/C4H9NO3.ClH/c5-4(7)3-8-2-1-6;/h6H,1-3H2,(H2,5,7);1H. The van der Waals surface area contributed by atoms with Crippen molar-refractivity contribution in [3.63, 3.8) is 0 Å². The number of hydrogen-bond acceptors (Lipinski definition) is 3. The molecule has 0 aliphatic rings. The first-order valence-corrected chi connectivity index (χ1v) is 2.24. The fourth-order valence-electron chi connectivity index (χ4n) is 0.237. The van der Waals surface area contributed by atoms with E-state index in [1.165, 1.54) is 0 Å². The highest BCUT2D eigenvalue weighted by molar-refractivity contribution is 5.85. The van der Waals surface area contributed by atoms with Crippen LogP contribution < -0.4 is 5.73 Å². The summed E-state index contributed by atoms with van der Waals surface area (Å²) in [5.41, 5.74) is 4.69. The summed E-state index contributed by atoms with van der Waals surface area (Å²) in [6.07, 6.45) is 0. The van der Waals surface area contributed by atoms with E-state index in [-0.39, 0.29) is 32.2 Å². The smallest absolute Gasteiger partial charge is 0.243 e. The predicted molar refractivity (Wildman–Crippen MR) is 34.3 cm³/mol. The molecular formula is C4H10ClNO3. The van der Waals surface area contributed by atoms with Crippen molar-refractivity contribution in [2.45, 2.75) is 0 Å². The molecule has 0 saturated carbocycles. The van der Waals surface area contributed by atoms with Gasteiger partial charge in [-0.05, 0) is 0 Å². The van der Waals surface area contributed by atoms with Crippen LogP contribution in [0.25, 0.3) is 0 Å². The van der Waals surface area contributed by atoms with Crippen molar-refractivity contribution < 1.29 is 14.6 Å². The molecule has 3 N–H and O–H groups in total. The summed E-state index contributed by atoms with van der Waals surface area (Å²) in [4.78, 5) is 9.89. The highest BCUT2D eigenvalue weighted by Gasteiger charge is 1.89. The van der Waals surface area contributed by atoms with E-state index < -0.39 is 5.91 Å². The van der Waals surface area contributed by atoms with Gasteiger partial charge in [-0.15, -0.1) is 12.4 Å². The van der Waals surface area contributed by atoms with Gasteiger partial charge in [-0.1, -0.05) is 0 Å². The molecule has 0 aliphatic heterocycles. The molecule has 5 heteroatoms. The molecule has 0 radical (unpaired) electrons. The van der Waals surface area contributed by atoms with Crippen LogP contribution in [-0.2, 0) is 9.53 Å². The van der Waals surface area contributed by atoms with E-state index in [9.17, 15) is 4.79 Å². The Labute approximate surface area is 59.4 Å². The highest BCUT2D eigenvalue weighted by Crippen LogP contribution is 1.69. The number of amides is 1. The van der Waals surface area contributed by atoms with Crippen LogP contribution in [0.5, 0.6) is 0 Å². The van der Waals surface area contributed by atoms with Gasteiger partial charge >= 0.3 is 0 Å². The minimum atomic E-state index is -0.515. The number of halogens is 1. The Kier molecular flexibility index (Phi) is 9.79. The molecule has 0 aromatic carbocycles. The predicted octanol–water partition coefficient (Wildman–Crippen LogP) is -1.10. The van der Waals surface area contributed by atoms with Crippen LogP contribution in [0.15, 0.2) is 0 Å². The van der Waals surface area contributed by atoms with Gasteiger partial charge in [-0.3, -0.25) is 4.79 Å². The molecule has 4 nitrogen and oxygen atoms in total. The highest BCUT2D eigenvalue weighted by atomic mass is 35.5. The molecule has 0 spiro atoms. The number of aliphatic hydroxyl groups is 1. The van der Waals surface area contributed by atoms with Crippen molar-refractivity contribution in [2.75, 3.05) is 19.8 Å². The largest absolute Gasteiger partial charge is 0.394 e. The molecule has 0 aromatic heterocycles. The number of hydrogen-bond donors (Lipinski definition) is 2. The summed E-state index contributed by atoms with van der Waals surface area (Å²) in [6, 6.07) is 0. The molecule has 1 amide bonds. The number of aliphatic hydroxyl groups excluding tert-OH is 1. The second kappa shape index (κ2) is 7.68. The molecule has 0 heterocycles. The van der Waals surface area contributed by atoms with Crippen LogP contribution in [0.2, 0.25) is 0 Å². The number of carbonyl (C=O) groups excluding carboxylic acids is 1. The molecule has 0 atom stereocenters. The van der Waals surface area contributed by atoms with Crippen LogP contribution in [0.1, 0.15) is 0 Å². The number of carbonyl (C=O) groups is 1. The van der Waals surface area contributed by atoms with E-state index in [2.05, 4.69) is 10.5 Å². The summed E-state index contributed by atoms with van der Waals surface area (Å²) in [6.45, 7) is -0.0171. The lowest BCUT2D eigenvalue weighted by molar-refractivity contribution is -0.122. The van der Waals surface area contributed by atoms with E-state index in [4.69, 9.17) is 5.11 Å². The Balaban J connectivity index is 0. The molecule has 0 aliphatic carbocycles. The van der Waals surface area contributed by atoms with Gasteiger partial charge in [0.15, 0.2) is 0 Å². The Morgan fingerprint density at radius 1 is 1.67 bits per heavy atom. The van der Waals surface area contributed by atoms with Crippen LogP contribution >= 0.6 is 12.4 Å². The summed E-state index contributed by atoms with van der Waals surface area (Å²) >= 11 is 0. The number of rotatable bonds is 4. The third kappa shape index (κ3) is 11.3. The van der Waals surface area contributed by atoms with E-state index in [0.717, 1.165) is 0 Å². The maximum atomic E-state index is 9.89. The average molecular weight is 156 g/mol. The van der Waals surface area contributed by atoms with E-state index in [1.54, 1.807) is 0 Å². The van der Waals surface area contributed by atoms with Crippen LogP contribution in [-0.4, -0.2) is 30.8 Å². The molecule has 0 saturated heterocycles. The fraction of sp³-hybridized carbons (Fsp3) is 0.750. The lowest BCUT2D eigenvalue weighted by atomic mass is 10.7. The maximum Gasteiger partial charge on any atom is 0.243 e. The van der Waals surface area contributed by atoms with Gasteiger partial charge in [0, 0.05) is 0 Å². The summed E-state index contributed by atoms with van der Waals surface area (Å²) in [5, 5.41) is 8.10. The fourth-order valence-corrected chi connectivity index (χ4v) is 0.237. The van der Waals surface area contributed by atoms with Gasteiger partial charge in [0.05, 0.1) is 13.2 Å². The second-order valence-corrected chi connectivity index (χ2v) is 1.24. The van der Waals surface area contributed by atoms with Gasteiger partial charge in [-0.25, -0.2) is 0 Å². The van der Waals surface area contributed by atoms with E-state index in [1.807, 2.05) is 0 Å². The molecular weight excluding hydrogens is 146 g/mol. The second-order valence-electron chi connectivity index (χ2n) is 1.24. The maximum absolute atomic E-state index is 9.89. The molecule has 9 heavy (non-hydrogen) atoms. The zero-order valence-corrected chi connectivity index (χ0v) is 5.69. The van der Waals surface area contributed by atoms with Crippen molar-refractivity contribution in [1.82, 2.24) is 0 Å². The number of ether oxygens (including phenoxy) is 1. The van der Waals surface area contributed by atoms with Crippen LogP contribution in [0.3, 0.4) is 0 Å². The normalized spacial score (nSPS) is 8.11. The Morgan fingerprint density at radius 2 is 2.22 bits per heavy atom. The van der Waals surface area contributed by atoms with Crippen LogP contribution in [0, 0.1) is 0 Å². The van der Waals surface area contributed by atoms with E-state index >= 15 is 0 Å². The quantitative estimate of drug-likeness (QED) is 0.507. The monoisotopic (exact) mass is 155 g/mol. The lowest BCUT2D eigenvalue weighted by Gasteiger charge is -1.94. The molecule has 0 unspecified atom stereocenters. The zero-order valence-electron chi connectivity index (χ0n) is 4.87. The first-order valence-electron chi connectivity index (χ1n) is 2.24. The number of primary amides is 1. The molecule has 0 fully saturated rings. The SMILES string of the molecule is Cl.NC(=O)COCCO. The first-order chi connectivity index (χ1) is 3.77. The Bertz CT molecular complexity index is 78.2. The van der Waals surface area contributed by atoms with Crippen molar-refractivity contribution >= 4 is 18.3 Å². The molecule has 0 rings (SSSR count). The average Bonchev–Trinajstić information content (AvgIpc) is 1.66. The summed E-state index contributed by atoms with van der Waals surface area (Å²) < 4.78 is 4.52. The van der Waals surface area contributed by atoms with Gasteiger partial charge in [-0.2, -0.15) is 0 Å². The number of nitrogens with two attached hydrogens (primary N) is 1. The van der Waals surface area contributed by atoms with Crippen LogP contribution in [0.4, 0.5) is 0 Å². The first kappa shape index (κ1) is 11.5. The Morgan fingerprint density at radius 3 is 2.56 bits per heavy atom. The minimum absolute atomic E-state index is 0. The van der Waals surface area contributed by atoms with Gasteiger partial charge < -0.3 is 15.6 Å². The minimum Gasteiger partial charge on any atom is -0.394 e. The topological polar surface area (TPSA) is 72.6 Å². The van der Waals surface area contributed by atoms with Crippen molar-refractivity contribution in [1.29, 1.82) is 0 Å². The third-order valence-electron chi connectivity index (χ3n) is 0.480. The van der Waals surface area contributed by atoms with Gasteiger partial charge in [0.25, 0.3) is 0 Å². The molecule has 0 bridgehead atoms. The Hall–Kier alpha value is -0.320. The summed E-state index contributed by atoms with van der Waals surface area (Å²) in [5.74, 6) is -0.515. The van der Waals surface area contributed by atoms with Crippen molar-refractivity contribution in [3.8, 4) is 0 Å². The molecule has 56 valence electrons. The summed E-state index contributed by atoms with van der Waals surface area (Å²) in [7, 11) is 0. The van der Waals surface area contributed by atoms with Crippen molar-refractivity contribution in [3.05, 3.63) is 0 Å². The van der Waals surface area contributed by atoms with E-state index in [0.29, 0.717) is 0 Å². The van der Waals surface area contributed by atoms with Gasteiger partial charge in [0.2, 0.25) is 5.91 Å². The van der Waals surface area contributed by atoms with Crippen molar-refractivity contribution in [2.24, 2.45) is 5.73 Å².